The summed E-state index contributed by atoms with van der Waals surface area (Å²) in [6.45, 7) is 4.26. The molecule has 0 spiro atoms. The molecule has 1 unspecified atom stereocenters. The summed E-state index contributed by atoms with van der Waals surface area (Å²) in [6, 6.07) is 7.95. The van der Waals surface area contributed by atoms with Crippen LogP contribution >= 0.6 is 22.6 Å². The Labute approximate surface area is 185 Å². The zero-order valence-corrected chi connectivity index (χ0v) is 19.2. The fourth-order valence-electron chi connectivity index (χ4n) is 3.36. The molecule has 3 rings (SSSR count). The van der Waals surface area contributed by atoms with Gasteiger partial charge >= 0.3 is 0 Å². The molecule has 0 aliphatic heterocycles. The van der Waals surface area contributed by atoms with Gasteiger partial charge < -0.3 is 10.1 Å². The lowest BCUT2D eigenvalue weighted by Gasteiger charge is -2.21. The Kier molecular flexibility index (Phi) is 7.41. The number of benzene rings is 1. The lowest BCUT2D eigenvalue weighted by molar-refractivity contribution is -0.115. The van der Waals surface area contributed by atoms with Gasteiger partial charge in [-0.05, 0) is 64.3 Å². The number of anilines is 1. The number of aromatic nitrogens is 2. The Morgan fingerprint density at radius 1 is 1.28 bits per heavy atom. The van der Waals surface area contributed by atoms with Crippen LogP contribution in [-0.4, -0.2) is 23.0 Å². The lowest BCUT2D eigenvalue weighted by atomic mass is 9.90. The summed E-state index contributed by atoms with van der Waals surface area (Å²) in [5.41, 5.74) is 3.82. The van der Waals surface area contributed by atoms with Gasteiger partial charge in [-0.1, -0.05) is 38.5 Å². The van der Waals surface area contributed by atoms with Crippen molar-refractivity contribution in [1.82, 2.24) is 9.97 Å². The van der Waals surface area contributed by atoms with Gasteiger partial charge in [0.25, 0.3) is 0 Å². The van der Waals surface area contributed by atoms with Gasteiger partial charge in [-0.15, -0.1) is 0 Å². The monoisotopic (exact) mass is 503 g/mol. The minimum Gasteiger partial charge on any atom is -0.501 e. The molecule has 1 amide bonds. The molecule has 0 saturated heterocycles. The molecule has 6 heteroatoms. The molecule has 2 aromatic rings. The maximum absolute atomic E-state index is 12.5. The van der Waals surface area contributed by atoms with Crippen LogP contribution in [0.15, 0.2) is 48.4 Å². The Hall–Kier alpha value is -2.22. The van der Waals surface area contributed by atoms with Gasteiger partial charge in [0.1, 0.15) is 0 Å². The average Bonchev–Trinajstić information content (AvgIpc) is 2.71. The highest BCUT2D eigenvalue weighted by atomic mass is 127. The molecule has 1 heterocycles. The maximum atomic E-state index is 12.5. The highest BCUT2D eigenvalue weighted by molar-refractivity contribution is 14.1. The highest BCUT2D eigenvalue weighted by Crippen LogP contribution is 2.32. The van der Waals surface area contributed by atoms with Crippen LogP contribution in [0, 0.1) is 9.49 Å². The van der Waals surface area contributed by atoms with E-state index in [4.69, 9.17) is 9.72 Å². The van der Waals surface area contributed by atoms with Crippen LogP contribution in [0.1, 0.15) is 43.6 Å². The van der Waals surface area contributed by atoms with Gasteiger partial charge in [-0.2, -0.15) is 0 Å². The Morgan fingerprint density at radius 2 is 2.03 bits per heavy atom. The molecule has 1 aromatic heterocycles. The van der Waals surface area contributed by atoms with Crippen molar-refractivity contribution < 1.29 is 9.53 Å². The molecule has 1 aliphatic rings. The standard InChI is InChI=1S/C23H26IN3O2/c1-4-5-20-23(27-22(28)13-16-6-8-17(24)9-7-16)25-14-21(26-20)19-11-10-18(29-3)12-15(19)2/h6-11,14-15H,4-5,12-13H2,1-3H3,(H,25,27,28). The first-order chi connectivity index (χ1) is 14.0. The van der Waals surface area contributed by atoms with E-state index in [1.165, 1.54) is 0 Å². The number of carbonyl (C=O) groups excluding carboxylic acids is 1. The Morgan fingerprint density at radius 3 is 2.69 bits per heavy atom. The molecule has 0 saturated carbocycles. The van der Waals surface area contributed by atoms with E-state index in [0.717, 1.165) is 51.1 Å². The first kappa shape index (κ1) is 21.5. The van der Waals surface area contributed by atoms with Crippen molar-refractivity contribution >= 4 is 39.9 Å². The van der Waals surface area contributed by atoms with E-state index in [1.807, 2.05) is 30.3 Å². The topological polar surface area (TPSA) is 64.1 Å². The van der Waals surface area contributed by atoms with Crippen LogP contribution in [0.3, 0.4) is 0 Å². The van der Waals surface area contributed by atoms with Crippen LogP contribution in [0.2, 0.25) is 0 Å². The molecule has 0 fully saturated rings. The second-order valence-electron chi connectivity index (χ2n) is 7.22. The van der Waals surface area contributed by atoms with Crippen molar-refractivity contribution in [3.63, 3.8) is 0 Å². The highest BCUT2D eigenvalue weighted by Gasteiger charge is 2.20. The maximum Gasteiger partial charge on any atom is 0.229 e. The van der Waals surface area contributed by atoms with Crippen molar-refractivity contribution in [2.45, 2.75) is 39.5 Å². The number of nitrogens with one attached hydrogen (secondary N) is 1. The van der Waals surface area contributed by atoms with Crippen molar-refractivity contribution in [1.29, 1.82) is 0 Å². The van der Waals surface area contributed by atoms with Crippen LogP contribution in [0.4, 0.5) is 5.82 Å². The number of nitrogens with zero attached hydrogens (tertiary/aromatic N) is 2. The molecular formula is C23H26IN3O2. The third kappa shape index (κ3) is 5.65. The predicted octanol–water partition coefficient (Wildman–Crippen LogP) is 5.17. The van der Waals surface area contributed by atoms with Gasteiger partial charge in [0.2, 0.25) is 5.91 Å². The number of aryl methyl sites for hydroxylation is 1. The molecule has 0 bridgehead atoms. The fourth-order valence-corrected chi connectivity index (χ4v) is 3.72. The van der Waals surface area contributed by atoms with E-state index in [1.54, 1.807) is 13.3 Å². The van der Waals surface area contributed by atoms with Crippen LogP contribution in [-0.2, 0) is 22.4 Å². The summed E-state index contributed by atoms with van der Waals surface area (Å²) in [7, 11) is 1.70. The van der Waals surface area contributed by atoms with Crippen LogP contribution < -0.4 is 5.32 Å². The summed E-state index contributed by atoms with van der Waals surface area (Å²) in [5.74, 6) is 1.76. The average molecular weight is 503 g/mol. The van der Waals surface area contributed by atoms with Gasteiger partial charge in [-0.3, -0.25) is 4.79 Å². The summed E-state index contributed by atoms with van der Waals surface area (Å²) < 4.78 is 6.51. The van der Waals surface area contributed by atoms with Crippen molar-refractivity contribution in [3.8, 4) is 0 Å². The zero-order chi connectivity index (χ0) is 20.8. The van der Waals surface area contributed by atoms with Gasteiger partial charge in [0.05, 0.1) is 36.9 Å². The zero-order valence-electron chi connectivity index (χ0n) is 17.0. The van der Waals surface area contributed by atoms with Gasteiger partial charge in [0.15, 0.2) is 5.82 Å². The predicted molar refractivity (Wildman–Crippen MR) is 124 cm³/mol. The smallest absolute Gasteiger partial charge is 0.229 e. The molecule has 0 radical (unpaired) electrons. The van der Waals surface area contributed by atoms with Crippen LogP contribution in [0.25, 0.3) is 5.57 Å². The number of amides is 1. The van der Waals surface area contributed by atoms with E-state index in [0.29, 0.717) is 18.2 Å². The number of hydrogen-bond acceptors (Lipinski definition) is 4. The number of hydrogen-bond donors (Lipinski definition) is 1. The molecular weight excluding hydrogens is 477 g/mol. The third-order valence-electron chi connectivity index (χ3n) is 4.91. The van der Waals surface area contributed by atoms with Gasteiger partial charge in [-0.25, -0.2) is 9.97 Å². The van der Waals surface area contributed by atoms with Gasteiger partial charge in [0, 0.05) is 9.99 Å². The summed E-state index contributed by atoms with van der Waals surface area (Å²) in [4.78, 5) is 21.9. The summed E-state index contributed by atoms with van der Waals surface area (Å²) >= 11 is 2.25. The number of halogens is 1. The van der Waals surface area contributed by atoms with Crippen molar-refractivity contribution in [3.05, 3.63) is 68.9 Å². The molecule has 152 valence electrons. The minimum absolute atomic E-state index is 0.0801. The van der Waals surface area contributed by atoms with E-state index in [2.05, 4.69) is 52.8 Å². The van der Waals surface area contributed by atoms with E-state index < -0.39 is 0 Å². The number of allylic oxidation sites excluding steroid dienone is 4. The largest absolute Gasteiger partial charge is 0.501 e. The number of rotatable bonds is 7. The SMILES string of the molecule is CCCc1nc(C2=CC=C(OC)CC2C)cnc1NC(=O)Cc1ccc(I)cc1. The number of ether oxygens (including phenoxy) is 1. The molecule has 1 aromatic carbocycles. The normalized spacial score (nSPS) is 16.1. The summed E-state index contributed by atoms with van der Waals surface area (Å²) in [5, 5.41) is 2.95. The number of methoxy groups -OCH3 is 1. The van der Waals surface area contributed by atoms with Crippen LogP contribution in [0.5, 0.6) is 0 Å². The molecule has 1 aliphatic carbocycles. The third-order valence-corrected chi connectivity index (χ3v) is 5.63. The lowest BCUT2D eigenvalue weighted by Crippen LogP contribution is -2.18. The number of carbonyl (C=O) groups is 1. The quantitative estimate of drug-likeness (QED) is 0.530. The minimum atomic E-state index is -0.0801. The Balaban J connectivity index is 1.79. The first-order valence-electron chi connectivity index (χ1n) is 9.85. The van der Waals surface area contributed by atoms with E-state index in [-0.39, 0.29) is 5.91 Å². The van der Waals surface area contributed by atoms with E-state index >= 15 is 0 Å². The second-order valence-corrected chi connectivity index (χ2v) is 8.46. The first-order valence-corrected chi connectivity index (χ1v) is 10.9. The fraction of sp³-hybridized carbons (Fsp3) is 0.348. The second kappa shape index (κ2) is 10.0. The summed E-state index contributed by atoms with van der Waals surface area (Å²) in [6.07, 6.45) is 8.67. The van der Waals surface area contributed by atoms with Crippen molar-refractivity contribution in [2.75, 3.05) is 12.4 Å². The molecule has 1 atom stereocenters. The Bertz CT molecular complexity index is 936. The van der Waals surface area contributed by atoms with E-state index in [9.17, 15) is 4.79 Å². The molecule has 5 nitrogen and oxygen atoms in total. The molecule has 29 heavy (non-hydrogen) atoms. The molecule has 1 N–H and O–H groups in total. The van der Waals surface area contributed by atoms with Crippen molar-refractivity contribution in [2.24, 2.45) is 5.92 Å².